The molecule has 57 heavy (non-hydrogen) atoms. The number of carbonyl (C=O) groups is 1. The van der Waals surface area contributed by atoms with Crippen molar-refractivity contribution in [2.24, 2.45) is 0 Å². The summed E-state index contributed by atoms with van der Waals surface area (Å²) < 4.78 is 0. The molecular weight excluding hydrogens is 701 g/mol. The Balaban J connectivity index is 0.000000417. The fraction of sp³-hybridized carbons (Fsp3) is 0.100. The number of H-pyrrole nitrogens is 2. The number of piperazine rings is 1. The van der Waals surface area contributed by atoms with Crippen LogP contribution in [0.3, 0.4) is 0 Å². The molecule has 0 spiro atoms. The van der Waals surface area contributed by atoms with E-state index in [1.165, 1.54) is 0 Å². The molecule has 0 saturated carbocycles. The molecule has 10 rings (SSSR count). The third-order valence-electron chi connectivity index (χ3n) is 10.5. The zero-order valence-electron chi connectivity index (χ0n) is 31.7. The van der Waals surface area contributed by atoms with Gasteiger partial charge in [-0.25, -0.2) is 9.97 Å². The second-order valence-corrected chi connectivity index (χ2v) is 14.3. The van der Waals surface area contributed by atoms with Crippen LogP contribution in [0.15, 0.2) is 152 Å². The molecule has 7 heteroatoms. The monoisotopic (exact) mass is 742 g/mol. The molecule has 4 aromatic carbocycles. The van der Waals surface area contributed by atoms with Crippen molar-refractivity contribution in [2.75, 3.05) is 26.2 Å². The van der Waals surface area contributed by atoms with Crippen molar-refractivity contribution in [3.63, 3.8) is 0 Å². The molecule has 1 amide bonds. The number of benzene rings is 4. The van der Waals surface area contributed by atoms with E-state index in [1.54, 1.807) is 6.92 Å². The van der Waals surface area contributed by atoms with Gasteiger partial charge >= 0.3 is 0 Å². The highest BCUT2D eigenvalue weighted by molar-refractivity contribution is 6.10. The first kappa shape index (κ1) is 35.6. The van der Waals surface area contributed by atoms with Gasteiger partial charge in [0.15, 0.2) is 0 Å². The number of aromatic amines is 2. The molecule has 0 atom stereocenters. The van der Waals surface area contributed by atoms with Gasteiger partial charge in [0, 0.05) is 71.9 Å². The van der Waals surface area contributed by atoms with E-state index in [1.807, 2.05) is 4.90 Å². The van der Waals surface area contributed by atoms with Crippen LogP contribution >= 0.6 is 0 Å². The average Bonchev–Trinajstić information content (AvgIpc) is 4.07. The number of nitrogens with one attached hydrogen (secondary N) is 3. The Morgan fingerprint density at radius 2 is 1.05 bits per heavy atom. The lowest BCUT2D eigenvalue weighted by atomic mass is 9.91. The standard InChI is InChI=1S/C44H30N4.C6H12N2O/c1-5-13-29(14-6-1)38-27-37-26-35-22-21-33(45-35)25-34-23-24-36(46-34)28-39-40(30-15-7-2-8-16-30)41(31-17-9-3-10-18-31)44(48-39)42(43(38)47-37)32-19-11-4-12-20-32;1-6(9)8-4-2-7-3-5-8/h1-28,45,48H;7H,2-5H2,1H3. The number of nitrogens with zero attached hydrogens (tertiary/aromatic N) is 3. The van der Waals surface area contributed by atoms with Crippen molar-refractivity contribution >= 4 is 51.8 Å². The molecule has 1 saturated heterocycles. The van der Waals surface area contributed by atoms with Gasteiger partial charge < -0.3 is 20.2 Å². The van der Waals surface area contributed by atoms with Crippen LogP contribution in [0.1, 0.15) is 35.3 Å². The summed E-state index contributed by atoms with van der Waals surface area (Å²) in [6, 6.07) is 53.0. The summed E-state index contributed by atoms with van der Waals surface area (Å²) in [5.41, 5.74) is 16.3. The summed E-state index contributed by atoms with van der Waals surface area (Å²) in [7, 11) is 0. The van der Waals surface area contributed by atoms with Gasteiger partial charge in [-0.15, -0.1) is 0 Å². The molecule has 6 heterocycles. The van der Waals surface area contributed by atoms with E-state index in [9.17, 15) is 4.79 Å². The summed E-state index contributed by atoms with van der Waals surface area (Å²) in [4.78, 5) is 30.5. The summed E-state index contributed by atoms with van der Waals surface area (Å²) in [5, 5.41) is 3.18. The second kappa shape index (κ2) is 15.9. The van der Waals surface area contributed by atoms with E-state index < -0.39 is 0 Å². The molecule has 3 aliphatic heterocycles. The van der Waals surface area contributed by atoms with Crippen LogP contribution in [-0.4, -0.2) is 56.9 Å². The lowest BCUT2D eigenvalue weighted by molar-refractivity contribution is -0.129. The van der Waals surface area contributed by atoms with Crippen molar-refractivity contribution < 1.29 is 4.79 Å². The van der Waals surface area contributed by atoms with Gasteiger partial charge in [0.05, 0.1) is 28.3 Å². The molecule has 7 nitrogen and oxygen atoms in total. The summed E-state index contributed by atoms with van der Waals surface area (Å²) in [6.45, 7) is 5.25. The zero-order valence-corrected chi connectivity index (χ0v) is 31.7. The minimum absolute atomic E-state index is 0.191. The maximum absolute atomic E-state index is 10.7. The molecule has 0 unspecified atom stereocenters. The molecule has 3 aliphatic rings. The Bertz CT molecular complexity index is 2780. The number of aromatic nitrogens is 4. The van der Waals surface area contributed by atoms with Gasteiger partial charge in [-0.2, -0.15) is 0 Å². The number of hydrogen-bond acceptors (Lipinski definition) is 4. The van der Waals surface area contributed by atoms with E-state index in [-0.39, 0.29) is 5.91 Å². The SMILES string of the molecule is C1=Cc2cc3[nH]c(c(-c4ccccc4)c4nc(cc5ccc(cc1n2)[nH]5)C=C4c1ccccc1)c(-c1ccccc1)c3-c1ccccc1.CC(=O)N1CCNCC1. The van der Waals surface area contributed by atoms with E-state index in [0.717, 1.165) is 116 Å². The van der Waals surface area contributed by atoms with Crippen molar-refractivity contribution in [1.29, 1.82) is 0 Å². The molecule has 3 N–H and O–H groups in total. The Morgan fingerprint density at radius 3 is 1.61 bits per heavy atom. The summed E-state index contributed by atoms with van der Waals surface area (Å²) in [5.74, 6) is 0.191. The minimum atomic E-state index is 0.191. The zero-order chi connectivity index (χ0) is 38.6. The van der Waals surface area contributed by atoms with Crippen LogP contribution < -0.4 is 5.32 Å². The fourth-order valence-electron chi connectivity index (χ4n) is 7.76. The van der Waals surface area contributed by atoms with Gasteiger partial charge in [-0.3, -0.25) is 4.79 Å². The maximum atomic E-state index is 10.7. The molecule has 0 radical (unpaired) electrons. The molecular formula is C50H42N6O. The van der Waals surface area contributed by atoms with Gasteiger partial charge in [-0.05, 0) is 70.8 Å². The van der Waals surface area contributed by atoms with E-state index in [2.05, 4.69) is 185 Å². The fourth-order valence-corrected chi connectivity index (χ4v) is 7.76. The maximum Gasteiger partial charge on any atom is 0.219 e. The van der Waals surface area contributed by atoms with E-state index >= 15 is 0 Å². The largest absolute Gasteiger partial charge is 0.355 e. The number of carbonyl (C=O) groups excluding carboxylic acids is 1. The number of fused-ring (bicyclic) bond motifs is 8. The van der Waals surface area contributed by atoms with Crippen LogP contribution in [0.4, 0.5) is 0 Å². The second-order valence-electron chi connectivity index (χ2n) is 14.3. The van der Waals surface area contributed by atoms with Gasteiger partial charge in [0.25, 0.3) is 0 Å². The average molecular weight is 743 g/mol. The van der Waals surface area contributed by atoms with Crippen LogP contribution in [0.2, 0.25) is 0 Å². The van der Waals surface area contributed by atoms with Crippen molar-refractivity contribution in [2.45, 2.75) is 6.92 Å². The highest BCUT2D eigenvalue weighted by Crippen LogP contribution is 2.45. The van der Waals surface area contributed by atoms with E-state index in [0.29, 0.717) is 0 Å². The Hall–Kier alpha value is -7.09. The first-order valence-electron chi connectivity index (χ1n) is 19.4. The molecule has 3 aromatic heterocycles. The smallest absolute Gasteiger partial charge is 0.219 e. The topological polar surface area (TPSA) is 89.7 Å². The van der Waals surface area contributed by atoms with E-state index in [4.69, 9.17) is 9.97 Å². The lowest BCUT2D eigenvalue weighted by Crippen LogP contribution is -2.45. The van der Waals surface area contributed by atoms with Crippen LogP contribution in [0, 0.1) is 0 Å². The van der Waals surface area contributed by atoms with Crippen LogP contribution in [0.25, 0.3) is 79.2 Å². The van der Waals surface area contributed by atoms with Gasteiger partial charge in [0.2, 0.25) is 5.91 Å². The molecule has 1 fully saturated rings. The Labute approximate surface area is 332 Å². The summed E-state index contributed by atoms with van der Waals surface area (Å²) >= 11 is 0. The minimum Gasteiger partial charge on any atom is -0.355 e. The Kier molecular flexibility index (Phi) is 9.96. The molecule has 278 valence electrons. The predicted octanol–water partition coefficient (Wildman–Crippen LogP) is 10.5. The molecule has 7 aromatic rings. The Morgan fingerprint density at radius 1 is 0.544 bits per heavy atom. The quantitative estimate of drug-likeness (QED) is 0.167. The highest BCUT2D eigenvalue weighted by atomic mass is 16.2. The number of rotatable bonds is 4. The molecule has 8 bridgehead atoms. The van der Waals surface area contributed by atoms with Gasteiger partial charge in [0.1, 0.15) is 0 Å². The van der Waals surface area contributed by atoms with Crippen molar-refractivity contribution in [1.82, 2.24) is 30.2 Å². The first-order chi connectivity index (χ1) is 28.1. The van der Waals surface area contributed by atoms with Crippen molar-refractivity contribution in [3.05, 3.63) is 180 Å². The van der Waals surface area contributed by atoms with Crippen LogP contribution in [0.5, 0.6) is 0 Å². The normalized spacial score (nSPS) is 13.4. The summed E-state index contributed by atoms with van der Waals surface area (Å²) in [6.07, 6.45) is 6.35. The van der Waals surface area contributed by atoms with Gasteiger partial charge in [-0.1, -0.05) is 121 Å². The predicted molar refractivity (Wildman–Crippen MR) is 235 cm³/mol. The number of amides is 1. The van der Waals surface area contributed by atoms with Crippen LogP contribution in [-0.2, 0) is 4.79 Å². The third-order valence-corrected chi connectivity index (χ3v) is 10.5. The lowest BCUT2D eigenvalue weighted by Gasteiger charge is -2.25. The van der Waals surface area contributed by atoms with Crippen molar-refractivity contribution in [3.8, 4) is 33.4 Å². The number of hydrogen-bond donors (Lipinski definition) is 3. The molecule has 0 aliphatic carbocycles. The third kappa shape index (κ3) is 7.61. The first-order valence-corrected chi connectivity index (χ1v) is 19.4. The highest BCUT2D eigenvalue weighted by Gasteiger charge is 2.24.